The molecule has 1 aliphatic rings. The highest BCUT2D eigenvalue weighted by atomic mass is 35.5. The molecule has 0 spiro atoms. The third-order valence-electron chi connectivity index (χ3n) is 2.74. The summed E-state index contributed by atoms with van der Waals surface area (Å²) in [6, 6.07) is 0. The van der Waals surface area contributed by atoms with Gasteiger partial charge in [-0.05, 0) is 25.9 Å². The summed E-state index contributed by atoms with van der Waals surface area (Å²) in [4.78, 5) is 10.3. The molecule has 1 aliphatic heterocycles. The van der Waals surface area contributed by atoms with Gasteiger partial charge in [0.2, 0.25) is 0 Å². The Morgan fingerprint density at radius 2 is 2.12 bits per heavy atom. The molecule has 88 valence electrons. The van der Waals surface area contributed by atoms with Crippen molar-refractivity contribution < 1.29 is 0 Å². The van der Waals surface area contributed by atoms with Crippen LogP contribution in [0.4, 0.5) is 11.6 Å². The van der Waals surface area contributed by atoms with E-state index in [1.165, 1.54) is 32.3 Å². The van der Waals surface area contributed by atoms with Crippen LogP contribution in [-0.2, 0) is 0 Å². The first-order valence-electron chi connectivity index (χ1n) is 5.49. The van der Waals surface area contributed by atoms with Gasteiger partial charge in [0.05, 0.1) is 0 Å². The monoisotopic (exact) mass is 241 g/mol. The second-order valence-corrected chi connectivity index (χ2v) is 4.27. The predicted molar refractivity (Wildman–Crippen MR) is 65.6 cm³/mol. The molecule has 1 aromatic rings. The molecule has 1 saturated heterocycles. The van der Waals surface area contributed by atoms with E-state index in [4.69, 9.17) is 17.3 Å². The summed E-state index contributed by atoms with van der Waals surface area (Å²) < 4.78 is 0. The summed E-state index contributed by atoms with van der Waals surface area (Å²) in [5.41, 5.74) is 5.58. The van der Waals surface area contributed by atoms with E-state index in [9.17, 15) is 0 Å². The van der Waals surface area contributed by atoms with Crippen LogP contribution in [0.3, 0.4) is 0 Å². The Bertz CT molecular complexity index is 351. The molecule has 0 bridgehead atoms. The maximum Gasteiger partial charge on any atom is 0.150 e. The lowest BCUT2D eigenvalue weighted by Gasteiger charge is -2.15. The Morgan fingerprint density at radius 1 is 1.38 bits per heavy atom. The van der Waals surface area contributed by atoms with Crippen molar-refractivity contribution in [3.8, 4) is 0 Å². The number of nitrogens with one attached hydrogen (secondary N) is 1. The minimum atomic E-state index is 0.320. The molecule has 0 radical (unpaired) electrons. The SMILES string of the molecule is Nc1ncnc(NCCN2CCCC2)c1Cl. The largest absolute Gasteiger partial charge is 0.382 e. The standard InChI is InChI=1S/C10H16ClN5/c11-8-9(12)14-7-15-10(8)13-3-6-16-4-1-2-5-16/h7H,1-6H2,(H3,12,13,14,15). The number of nitrogens with two attached hydrogens (primary N) is 1. The first-order chi connectivity index (χ1) is 7.77. The highest BCUT2D eigenvalue weighted by molar-refractivity contribution is 6.35. The zero-order chi connectivity index (χ0) is 11.4. The Hall–Kier alpha value is -1.07. The summed E-state index contributed by atoms with van der Waals surface area (Å²) in [5, 5.41) is 3.58. The van der Waals surface area contributed by atoms with Gasteiger partial charge < -0.3 is 16.0 Å². The van der Waals surface area contributed by atoms with Crippen molar-refractivity contribution in [3.05, 3.63) is 11.3 Å². The number of nitrogen functional groups attached to an aromatic ring is 1. The highest BCUT2D eigenvalue weighted by Crippen LogP contribution is 2.22. The zero-order valence-electron chi connectivity index (χ0n) is 9.12. The minimum Gasteiger partial charge on any atom is -0.382 e. The van der Waals surface area contributed by atoms with E-state index in [1.807, 2.05) is 0 Å². The van der Waals surface area contributed by atoms with Gasteiger partial charge in [-0.25, -0.2) is 9.97 Å². The Balaban J connectivity index is 1.82. The van der Waals surface area contributed by atoms with Gasteiger partial charge in [-0.3, -0.25) is 0 Å². The second-order valence-electron chi connectivity index (χ2n) is 3.90. The average Bonchev–Trinajstić information content (AvgIpc) is 2.77. The predicted octanol–water partition coefficient (Wildman–Crippen LogP) is 1.22. The van der Waals surface area contributed by atoms with E-state index in [2.05, 4.69) is 20.2 Å². The van der Waals surface area contributed by atoms with Crippen LogP contribution in [0.2, 0.25) is 5.02 Å². The van der Waals surface area contributed by atoms with Gasteiger partial charge in [0.1, 0.15) is 23.0 Å². The van der Waals surface area contributed by atoms with Crippen molar-refractivity contribution >= 4 is 23.2 Å². The van der Waals surface area contributed by atoms with E-state index in [0.29, 0.717) is 16.7 Å². The van der Waals surface area contributed by atoms with Gasteiger partial charge in [-0.1, -0.05) is 11.6 Å². The number of hydrogen-bond donors (Lipinski definition) is 2. The number of halogens is 1. The molecule has 0 aliphatic carbocycles. The summed E-state index contributed by atoms with van der Waals surface area (Å²) in [6.07, 6.45) is 4.03. The molecule has 6 heteroatoms. The molecule has 3 N–H and O–H groups in total. The van der Waals surface area contributed by atoms with Crippen molar-refractivity contribution in [2.24, 2.45) is 0 Å². The fourth-order valence-electron chi connectivity index (χ4n) is 1.85. The molecule has 2 rings (SSSR count). The first-order valence-corrected chi connectivity index (χ1v) is 5.87. The fraction of sp³-hybridized carbons (Fsp3) is 0.600. The highest BCUT2D eigenvalue weighted by Gasteiger charge is 2.11. The Morgan fingerprint density at radius 3 is 2.88 bits per heavy atom. The van der Waals surface area contributed by atoms with Crippen LogP contribution in [-0.4, -0.2) is 41.0 Å². The van der Waals surface area contributed by atoms with Crippen LogP contribution in [0.25, 0.3) is 0 Å². The molecule has 0 unspecified atom stereocenters. The molecule has 0 aromatic carbocycles. The lowest BCUT2D eigenvalue weighted by atomic mass is 10.4. The van der Waals surface area contributed by atoms with Gasteiger partial charge >= 0.3 is 0 Å². The van der Waals surface area contributed by atoms with Gasteiger partial charge in [-0.15, -0.1) is 0 Å². The van der Waals surface area contributed by atoms with E-state index >= 15 is 0 Å². The van der Waals surface area contributed by atoms with Crippen molar-refractivity contribution in [3.63, 3.8) is 0 Å². The summed E-state index contributed by atoms with van der Waals surface area (Å²) >= 11 is 5.96. The molecule has 5 nitrogen and oxygen atoms in total. The van der Waals surface area contributed by atoms with E-state index < -0.39 is 0 Å². The number of anilines is 2. The van der Waals surface area contributed by atoms with Crippen molar-refractivity contribution in [2.75, 3.05) is 37.2 Å². The third-order valence-corrected chi connectivity index (χ3v) is 3.11. The molecule has 1 aromatic heterocycles. The smallest absolute Gasteiger partial charge is 0.150 e. The van der Waals surface area contributed by atoms with Crippen molar-refractivity contribution in [1.29, 1.82) is 0 Å². The zero-order valence-corrected chi connectivity index (χ0v) is 9.87. The Labute approximate surface area is 100 Å². The molecule has 0 amide bonds. The van der Waals surface area contributed by atoms with Crippen molar-refractivity contribution in [2.45, 2.75) is 12.8 Å². The molecular formula is C10H16ClN5. The lowest BCUT2D eigenvalue weighted by Crippen LogP contribution is -2.26. The summed E-state index contributed by atoms with van der Waals surface area (Å²) in [6.45, 7) is 4.24. The van der Waals surface area contributed by atoms with E-state index in [-0.39, 0.29) is 0 Å². The lowest BCUT2D eigenvalue weighted by molar-refractivity contribution is 0.352. The third kappa shape index (κ3) is 2.74. The number of nitrogens with zero attached hydrogens (tertiary/aromatic N) is 3. The second kappa shape index (κ2) is 5.32. The molecule has 16 heavy (non-hydrogen) atoms. The summed E-state index contributed by atoms with van der Waals surface area (Å²) in [7, 11) is 0. The molecule has 2 heterocycles. The maximum absolute atomic E-state index is 5.96. The number of likely N-dealkylation sites (tertiary alicyclic amines) is 1. The van der Waals surface area contributed by atoms with E-state index in [0.717, 1.165) is 13.1 Å². The van der Waals surface area contributed by atoms with Crippen LogP contribution < -0.4 is 11.1 Å². The normalized spacial score (nSPS) is 16.6. The van der Waals surface area contributed by atoms with Gasteiger partial charge in [0.15, 0.2) is 0 Å². The molecular weight excluding hydrogens is 226 g/mol. The van der Waals surface area contributed by atoms with Gasteiger partial charge in [-0.2, -0.15) is 0 Å². The topological polar surface area (TPSA) is 67.1 Å². The number of hydrogen-bond acceptors (Lipinski definition) is 5. The van der Waals surface area contributed by atoms with Crippen molar-refractivity contribution in [1.82, 2.24) is 14.9 Å². The van der Waals surface area contributed by atoms with Crippen LogP contribution >= 0.6 is 11.6 Å². The quantitative estimate of drug-likeness (QED) is 0.830. The van der Waals surface area contributed by atoms with Gasteiger partial charge in [0, 0.05) is 13.1 Å². The first kappa shape index (κ1) is 11.4. The van der Waals surface area contributed by atoms with Crippen LogP contribution in [0.1, 0.15) is 12.8 Å². The van der Waals surface area contributed by atoms with Crippen LogP contribution in [0.5, 0.6) is 0 Å². The fourth-order valence-corrected chi connectivity index (χ4v) is 2.01. The van der Waals surface area contributed by atoms with Crippen LogP contribution in [0, 0.1) is 0 Å². The Kier molecular flexibility index (Phi) is 3.79. The van der Waals surface area contributed by atoms with Gasteiger partial charge in [0.25, 0.3) is 0 Å². The van der Waals surface area contributed by atoms with Crippen LogP contribution in [0.15, 0.2) is 6.33 Å². The number of aromatic nitrogens is 2. The number of rotatable bonds is 4. The minimum absolute atomic E-state index is 0.320. The molecule has 0 saturated carbocycles. The average molecular weight is 242 g/mol. The molecule has 0 atom stereocenters. The maximum atomic E-state index is 5.96. The summed E-state index contributed by atoms with van der Waals surface area (Å²) in [5.74, 6) is 0.939. The van der Waals surface area contributed by atoms with E-state index in [1.54, 1.807) is 0 Å². The molecule has 1 fully saturated rings.